The Morgan fingerprint density at radius 3 is 2.80 bits per heavy atom. The van der Waals surface area contributed by atoms with Crippen LogP contribution in [0.5, 0.6) is 0 Å². The lowest BCUT2D eigenvalue weighted by atomic mass is 10.0. The van der Waals surface area contributed by atoms with Gasteiger partial charge in [-0.25, -0.2) is 4.79 Å². The number of hydrogen-bond acceptors (Lipinski definition) is 3. The van der Waals surface area contributed by atoms with Crippen molar-refractivity contribution < 1.29 is 14.6 Å². The van der Waals surface area contributed by atoms with Crippen molar-refractivity contribution >= 4 is 17.7 Å². The number of hydrogen-bond donors (Lipinski definition) is 2. The van der Waals surface area contributed by atoms with E-state index in [9.17, 15) is 9.90 Å². The van der Waals surface area contributed by atoms with Gasteiger partial charge in [-0.2, -0.15) is 0 Å². The second-order valence-electron chi connectivity index (χ2n) is 6.08. The van der Waals surface area contributed by atoms with Gasteiger partial charge in [0.2, 0.25) is 0 Å². The summed E-state index contributed by atoms with van der Waals surface area (Å²) in [7, 11) is 0. The fraction of sp³-hybridized carbons (Fsp3) is 0.533. The van der Waals surface area contributed by atoms with E-state index < -0.39 is 11.7 Å². The van der Waals surface area contributed by atoms with E-state index >= 15 is 0 Å². The van der Waals surface area contributed by atoms with Crippen LogP contribution in [0, 0.1) is 5.92 Å². The standard InChI is InChI=1S/C15H20ClNO3/c1-15(2,3)20-14(19)17-13-9(8-18)7-11-10(13)5-4-6-12(11)16/h4-6,9,13,18H,7-8H2,1-3H3,(H,17,19)/t9-,13?/m0/s1. The number of ether oxygens (including phenoxy) is 1. The van der Waals surface area contributed by atoms with Crippen molar-refractivity contribution in [2.45, 2.75) is 38.8 Å². The first kappa shape index (κ1) is 15.1. The first-order valence-corrected chi connectivity index (χ1v) is 7.07. The molecule has 0 aliphatic heterocycles. The predicted octanol–water partition coefficient (Wildman–Crippen LogP) is 3.07. The third-order valence-corrected chi connectivity index (χ3v) is 3.69. The van der Waals surface area contributed by atoms with E-state index in [2.05, 4.69) is 5.32 Å². The fourth-order valence-corrected chi connectivity index (χ4v) is 2.78. The first-order valence-electron chi connectivity index (χ1n) is 6.69. The lowest BCUT2D eigenvalue weighted by molar-refractivity contribution is 0.0477. The van der Waals surface area contributed by atoms with Crippen LogP contribution in [0.4, 0.5) is 4.79 Å². The number of carbonyl (C=O) groups excluding carboxylic acids is 1. The number of alkyl carbamates (subject to hydrolysis) is 1. The van der Waals surface area contributed by atoms with Gasteiger partial charge in [0.05, 0.1) is 6.04 Å². The minimum atomic E-state index is -0.547. The molecule has 1 unspecified atom stereocenters. The molecule has 20 heavy (non-hydrogen) atoms. The van der Waals surface area contributed by atoms with Crippen molar-refractivity contribution in [3.05, 3.63) is 34.3 Å². The second-order valence-corrected chi connectivity index (χ2v) is 6.49. The number of rotatable bonds is 2. The summed E-state index contributed by atoms with van der Waals surface area (Å²) < 4.78 is 5.27. The van der Waals surface area contributed by atoms with Crippen molar-refractivity contribution in [1.82, 2.24) is 5.32 Å². The Morgan fingerprint density at radius 1 is 1.50 bits per heavy atom. The summed E-state index contributed by atoms with van der Waals surface area (Å²) in [4.78, 5) is 11.9. The minimum Gasteiger partial charge on any atom is -0.444 e. The molecule has 2 rings (SSSR count). The van der Waals surface area contributed by atoms with E-state index in [1.165, 1.54) is 0 Å². The molecular weight excluding hydrogens is 278 g/mol. The highest BCUT2D eigenvalue weighted by Crippen LogP contribution is 2.39. The van der Waals surface area contributed by atoms with E-state index in [1.54, 1.807) is 0 Å². The van der Waals surface area contributed by atoms with E-state index in [1.807, 2.05) is 39.0 Å². The summed E-state index contributed by atoms with van der Waals surface area (Å²) in [5, 5.41) is 13.0. The van der Waals surface area contributed by atoms with Gasteiger partial charge in [0.25, 0.3) is 0 Å². The van der Waals surface area contributed by atoms with Crippen LogP contribution >= 0.6 is 11.6 Å². The Bertz CT molecular complexity index is 510. The first-order chi connectivity index (χ1) is 9.31. The van der Waals surface area contributed by atoms with Crippen LogP contribution in [-0.2, 0) is 11.2 Å². The van der Waals surface area contributed by atoms with Gasteiger partial charge >= 0.3 is 6.09 Å². The molecule has 2 N–H and O–H groups in total. The number of halogens is 1. The number of benzene rings is 1. The van der Waals surface area contributed by atoms with Gasteiger partial charge in [0, 0.05) is 17.5 Å². The summed E-state index contributed by atoms with van der Waals surface area (Å²) in [6, 6.07) is 5.34. The second kappa shape index (κ2) is 5.62. The van der Waals surface area contributed by atoms with Crippen molar-refractivity contribution in [2.24, 2.45) is 5.92 Å². The SMILES string of the molecule is CC(C)(C)OC(=O)NC1c2cccc(Cl)c2C[C@H]1CO. The molecule has 1 aromatic carbocycles. The molecule has 5 heteroatoms. The van der Waals surface area contributed by atoms with Crippen LogP contribution in [-0.4, -0.2) is 23.4 Å². The molecule has 0 saturated heterocycles. The van der Waals surface area contributed by atoms with E-state index in [0.29, 0.717) is 11.4 Å². The van der Waals surface area contributed by atoms with Crippen LogP contribution in [0.2, 0.25) is 5.02 Å². The average Bonchev–Trinajstić information content (AvgIpc) is 2.67. The number of nitrogens with one attached hydrogen (secondary N) is 1. The van der Waals surface area contributed by atoms with Crippen LogP contribution in [0.3, 0.4) is 0 Å². The van der Waals surface area contributed by atoms with Crippen LogP contribution in [0.25, 0.3) is 0 Å². The highest BCUT2D eigenvalue weighted by Gasteiger charge is 2.35. The normalized spacial score (nSPS) is 21.4. The van der Waals surface area contributed by atoms with Crippen molar-refractivity contribution in [2.75, 3.05) is 6.61 Å². The zero-order valence-electron chi connectivity index (χ0n) is 11.9. The molecule has 0 aromatic heterocycles. The number of aliphatic hydroxyl groups excluding tert-OH is 1. The van der Waals surface area contributed by atoms with Crippen LogP contribution in [0.15, 0.2) is 18.2 Å². The zero-order chi connectivity index (χ0) is 14.9. The molecule has 0 bridgehead atoms. The molecule has 0 saturated carbocycles. The Hall–Kier alpha value is -1.26. The smallest absolute Gasteiger partial charge is 0.408 e. The summed E-state index contributed by atoms with van der Waals surface area (Å²) in [5.41, 5.74) is 1.41. The van der Waals surface area contributed by atoms with E-state index in [0.717, 1.165) is 11.1 Å². The van der Waals surface area contributed by atoms with Gasteiger partial charge < -0.3 is 15.2 Å². The van der Waals surface area contributed by atoms with Gasteiger partial charge in [0.1, 0.15) is 5.60 Å². The molecule has 1 amide bonds. The number of carbonyl (C=O) groups is 1. The third-order valence-electron chi connectivity index (χ3n) is 3.33. The van der Waals surface area contributed by atoms with Gasteiger partial charge in [-0.3, -0.25) is 0 Å². The monoisotopic (exact) mass is 297 g/mol. The molecule has 0 spiro atoms. The molecule has 1 aromatic rings. The Balaban J connectivity index is 2.19. The Morgan fingerprint density at radius 2 is 2.20 bits per heavy atom. The highest BCUT2D eigenvalue weighted by molar-refractivity contribution is 6.31. The van der Waals surface area contributed by atoms with Gasteiger partial charge in [-0.15, -0.1) is 0 Å². The fourth-order valence-electron chi connectivity index (χ4n) is 2.52. The summed E-state index contributed by atoms with van der Waals surface area (Å²) in [5.74, 6) is -0.0718. The average molecular weight is 298 g/mol. The van der Waals surface area contributed by atoms with Crippen LogP contribution < -0.4 is 5.32 Å². The number of aliphatic hydroxyl groups is 1. The minimum absolute atomic E-state index is 0.00846. The molecule has 2 atom stereocenters. The molecule has 1 aliphatic carbocycles. The van der Waals surface area contributed by atoms with Gasteiger partial charge in [0.15, 0.2) is 0 Å². The Labute approximate surface area is 124 Å². The summed E-state index contributed by atoms with van der Waals surface area (Å²) >= 11 is 6.17. The largest absolute Gasteiger partial charge is 0.444 e. The lowest BCUT2D eigenvalue weighted by Gasteiger charge is -2.24. The van der Waals surface area contributed by atoms with Crippen molar-refractivity contribution in [3.63, 3.8) is 0 Å². The van der Waals surface area contributed by atoms with Crippen LogP contribution in [0.1, 0.15) is 37.9 Å². The molecular formula is C15H20ClNO3. The molecule has 110 valence electrons. The molecule has 0 radical (unpaired) electrons. The van der Waals surface area contributed by atoms with E-state index in [-0.39, 0.29) is 18.6 Å². The molecule has 4 nitrogen and oxygen atoms in total. The van der Waals surface area contributed by atoms with Crippen molar-refractivity contribution in [3.8, 4) is 0 Å². The number of amides is 1. The topological polar surface area (TPSA) is 58.6 Å². The highest BCUT2D eigenvalue weighted by atomic mass is 35.5. The number of fused-ring (bicyclic) bond motifs is 1. The maximum absolute atomic E-state index is 11.9. The summed E-state index contributed by atoms with van der Waals surface area (Å²) in [6.45, 7) is 5.44. The maximum Gasteiger partial charge on any atom is 0.408 e. The van der Waals surface area contributed by atoms with Gasteiger partial charge in [-0.05, 0) is 44.4 Å². The Kier molecular flexibility index (Phi) is 4.25. The lowest BCUT2D eigenvalue weighted by Crippen LogP contribution is -2.37. The predicted molar refractivity (Wildman–Crippen MR) is 77.8 cm³/mol. The quantitative estimate of drug-likeness (QED) is 0.882. The maximum atomic E-state index is 11.9. The van der Waals surface area contributed by atoms with Crippen molar-refractivity contribution in [1.29, 1.82) is 0 Å². The van der Waals surface area contributed by atoms with E-state index in [4.69, 9.17) is 16.3 Å². The van der Waals surface area contributed by atoms with Gasteiger partial charge in [-0.1, -0.05) is 23.7 Å². The third kappa shape index (κ3) is 3.25. The molecule has 0 heterocycles. The molecule has 1 aliphatic rings. The summed E-state index contributed by atoms with van der Waals surface area (Å²) in [6.07, 6.45) is 0.181. The zero-order valence-corrected chi connectivity index (χ0v) is 12.7. The molecule has 0 fully saturated rings.